The van der Waals surface area contributed by atoms with Gasteiger partial charge in [-0.2, -0.15) is 0 Å². The predicted molar refractivity (Wildman–Crippen MR) is 166 cm³/mol. The van der Waals surface area contributed by atoms with Crippen LogP contribution in [0.15, 0.2) is 83.3 Å². The molecule has 1 aromatic heterocycles. The molecule has 0 bridgehead atoms. The fraction of sp³-hybridized carbons (Fsp3) is 0.188. The number of ether oxygens (including phenoxy) is 2. The number of halogens is 2. The molecule has 3 aromatic carbocycles. The highest BCUT2D eigenvalue weighted by Gasteiger charge is 2.23. The summed E-state index contributed by atoms with van der Waals surface area (Å²) in [6, 6.07) is 21.7. The zero-order chi connectivity index (χ0) is 29.6. The van der Waals surface area contributed by atoms with Gasteiger partial charge in [-0.3, -0.25) is 9.59 Å². The Kier molecular flexibility index (Phi) is 9.05. The van der Waals surface area contributed by atoms with Gasteiger partial charge in [-0.15, -0.1) is 0 Å². The van der Waals surface area contributed by atoms with E-state index < -0.39 is 0 Å². The summed E-state index contributed by atoms with van der Waals surface area (Å²) >= 11 is 12.4. The number of rotatable bonds is 8. The molecule has 0 unspecified atom stereocenters. The van der Waals surface area contributed by atoms with Crippen molar-refractivity contribution in [2.75, 3.05) is 50.6 Å². The summed E-state index contributed by atoms with van der Waals surface area (Å²) in [6.07, 6.45) is 3.00. The quantitative estimate of drug-likeness (QED) is 0.220. The Bertz CT molecular complexity index is 1590. The molecule has 0 aliphatic carbocycles. The molecule has 10 heteroatoms. The zero-order valence-electron chi connectivity index (χ0n) is 23.1. The third-order valence-corrected chi connectivity index (χ3v) is 7.73. The molecule has 1 fully saturated rings. The minimum Gasteiger partial charge on any atom is -0.497 e. The van der Waals surface area contributed by atoms with E-state index >= 15 is 0 Å². The summed E-state index contributed by atoms with van der Waals surface area (Å²) in [7, 11) is 3.12. The van der Waals surface area contributed by atoms with E-state index in [1.54, 1.807) is 62.8 Å². The van der Waals surface area contributed by atoms with Gasteiger partial charge in [0.25, 0.3) is 5.91 Å². The molecule has 1 aliphatic heterocycles. The van der Waals surface area contributed by atoms with E-state index in [1.807, 2.05) is 35.2 Å². The summed E-state index contributed by atoms with van der Waals surface area (Å²) in [6.45, 7) is 2.54. The standard InChI is InChI=1S/C32H29Cl2N3O5/c1-40-25-18-21(19-26(20-25)41-2)32(39)37-16-14-36(15-17-37)23-8-6-22(7-9-23)35-30(38)13-11-24-10-12-29(42-24)27-4-3-5-28(33)31(27)34/h3-13,18-20H,14-17H2,1-2H3,(H,35,38)/b13-11+. The van der Waals surface area contributed by atoms with E-state index in [0.29, 0.717) is 76.1 Å². The number of carbonyl (C=O) groups is 2. The number of nitrogens with one attached hydrogen (secondary N) is 1. The van der Waals surface area contributed by atoms with E-state index in [1.165, 1.54) is 6.08 Å². The lowest BCUT2D eigenvalue weighted by atomic mass is 10.1. The molecule has 4 aromatic rings. The van der Waals surface area contributed by atoms with Crippen LogP contribution in [0, 0.1) is 0 Å². The number of piperazine rings is 1. The van der Waals surface area contributed by atoms with Crippen molar-refractivity contribution in [3.8, 4) is 22.8 Å². The van der Waals surface area contributed by atoms with Crippen molar-refractivity contribution in [1.29, 1.82) is 0 Å². The maximum Gasteiger partial charge on any atom is 0.254 e. The number of methoxy groups -OCH3 is 2. The first-order valence-electron chi connectivity index (χ1n) is 13.3. The van der Waals surface area contributed by atoms with Gasteiger partial charge in [0.15, 0.2) is 0 Å². The van der Waals surface area contributed by atoms with Crippen LogP contribution in [0.25, 0.3) is 17.4 Å². The van der Waals surface area contributed by atoms with E-state index in [0.717, 1.165) is 5.69 Å². The second-order valence-corrected chi connectivity index (χ2v) is 10.3. The number of furan rings is 1. The summed E-state index contributed by atoms with van der Waals surface area (Å²) in [5.74, 6) is 1.87. The highest BCUT2D eigenvalue weighted by Crippen LogP contribution is 2.34. The van der Waals surface area contributed by atoms with Gasteiger partial charge < -0.3 is 29.0 Å². The lowest BCUT2D eigenvalue weighted by Gasteiger charge is -2.36. The van der Waals surface area contributed by atoms with E-state index in [-0.39, 0.29) is 11.8 Å². The fourth-order valence-electron chi connectivity index (χ4n) is 4.66. The van der Waals surface area contributed by atoms with Gasteiger partial charge in [-0.05, 0) is 66.7 Å². The smallest absolute Gasteiger partial charge is 0.254 e. The van der Waals surface area contributed by atoms with Crippen molar-refractivity contribution in [2.45, 2.75) is 0 Å². The van der Waals surface area contributed by atoms with Crippen LogP contribution in [0.3, 0.4) is 0 Å². The molecule has 0 saturated carbocycles. The maximum absolute atomic E-state index is 13.1. The Morgan fingerprint density at radius 3 is 2.24 bits per heavy atom. The third kappa shape index (κ3) is 6.73. The van der Waals surface area contributed by atoms with Gasteiger partial charge >= 0.3 is 0 Å². The molecule has 0 radical (unpaired) electrons. The Morgan fingerprint density at radius 1 is 0.881 bits per heavy atom. The first-order valence-corrected chi connectivity index (χ1v) is 14.0. The average Bonchev–Trinajstić information content (AvgIpc) is 3.50. The Labute approximate surface area is 254 Å². The molecule has 1 saturated heterocycles. The molecule has 0 atom stereocenters. The minimum absolute atomic E-state index is 0.0583. The third-order valence-electron chi connectivity index (χ3n) is 6.91. The summed E-state index contributed by atoms with van der Waals surface area (Å²) in [5, 5.41) is 3.71. The van der Waals surface area contributed by atoms with Crippen LogP contribution in [-0.4, -0.2) is 57.1 Å². The molecular weight excluding hydrogens is 577 g/mol. The SMILES string of the molecule is COc1cc(OC)cc(C(=O)N2CCN(c3ccc(NC(=O)/C=C/c4ccc(-c5cccc(Cl)c5Cl)o4)cc3)CC2)c1. The molecule has 1 N–H and O–H groups in total. The zero-order valence-corrected chi connectivity index (χ0v) is 24.6. The van der Waals surface area contributed by atoms with E-state index in [9.17, 15) is 9.59 Å². The van der Waals surface area contributed by atoms with E-state index in [2.05, 4.69) is 10.2 Å². The molecule has 8 nitrogen and oxygen atoms in total. The number of hydrogen-bond acceptors (Lipinski definition) is 6. The van der Waals surface area contributed by atoms with Gasteiger partial charge in [-0.25, -0.2) is 0 Å². The number of benzene rings is 3. The van der Waals surface area contributed by atoms with Gasteiger partial charge in [0.05, 0.1) is 24.3 Å². The van der Waals surface area contributed by atoms with Crippen LogP contribution in [0.1, 0.15) is 16.1 Å². The average molecular weight is 607 g/mol. The van der Waals surface area contributed by atoms with Crippen LogP contribution in [0.5, 0.6) is 11.5 Å². The number of carbonyl (C=O) groups excluding carboxylic acids is 2. The highest BCUT2D eigenvalue weighted by molar-refractivity contribution is 6.43. The molecule has 5 rings (SSSR count). The largest absolute Gasteiger partial charge is 0.497 e. The van der Waals surface area contributed by atoms with Crippen molar-refractivity contribution >= 4 is 52.5 Å². The summed E-state index contributed by atoms with van der Waals surface area (Å²) in [5.41, 5.74) is 2.90. The lowest BCUT2D eigenvalue weighted by Crippen LogP contribution is -2.48. The van der Waals surface area contributed by atoms with Crippen molar-refractivity contribution in [3.05, 3.63) is 100 Å². The lowest BCUT2D eigenvalue weighted by molar-refractivity contribution is -0.111. The van der Waals surface area contributed by atoms with Crippen LogP contribution >= 0.6 is 23.2 Å². The number of anilines is 2. The van der Waals surface area contributed by atoms with Crippen LogP contribution < -0.4 is 19.7 Å². The first kappa shape index (κ1) is 29.1. The molecule has 0 spiro atoms. The Morgan fingerprint density at radius 2 is 1.57 bits per heavy atom. The van der Waals surface area contributed by atoms with Crippen LogP contribution in [0.2, 0.25) is 10.0 Å². The monoisotopic (exact) mass is 605 g/mol. The van der Waals surface area contributed by atoms with Crippen molar-refractivity contribution in [2.24, 2.45) is 0 Å². The number of nitrogens with zero attached hydrogens (tertiary/aromatic N) is 2. The Balaban J connectivity index is 1.14. The first-order chi connectivity index (χ1) is 20.3. The molecule has 1 aliphatic rings. The highest BCUT2D eigenvalue weighted by atomic mass is 35.5. The topological polar surface area (TPSA) is 84.3 Å². The normalized spacial score (nSPS) is 13.3. The number of hydrogen-bond donors (Lipinski definition) is 1. The molecule has 2 amide bonds. The van der Waals surface area contributed by atoms with Gasteiger partial charge in [-0.1, -0.05) is 29.3 Å². The number of amides is 2. The van der Waals surface area contributed by atoms with Crippen molar-refractivity contribution in [1.82, 2.24) is 4.90 Å². The Hall–Kier alpha value is -4.40. The summed E-state index contributed by atoms with van der Waals surface area (Å²) in [4.78, 5) is 29.6. The van der Waals surface area contributed by atoms with Crippen molar-refractivity contribution < 1.29 is 23.5 Å². The van der Waals surface area contributed by atoms with Gasteiger partial charge in [0.2, 0.25) is 5.91 Å². The second kappa shape index (κ2) is 13.1. The maximum atomic E-state index is 13.1. The predicted octanol–water partition coefficient (Wildman–Crippen LogP) is 6.88. The minimum atomic E-state index is -0.289. The van der Waals surface area contributed by atoms with E-state index in [4.69, 9.17) is 37.1 Å². The molecule has 42 heavy (non-hydrogen) atoms. The van der Waals surface area contributed by atoms with Gasteiger partial charge in [0, 0.05) is 60.8 Å². The second-order valence-electron chi connectivity index (χ2n) is 9.55. The van der Waals surface area contributed by atoms with Crippen LogP contribution in [0.4, 0.5) is 11.4 Å². The van der Waals surface area contributed by atoms with Crippen LogP contribution in [-0.2, 0) is 4.79 Å². The molecule has 216 valence electrons. The van der Waals surface area contributed by atoms with Crippen molar-refractivity contribution in [3.63, 3.8) is 0 Å². The summed E-state index contributed by atoms with van der Waals surface area (Å²) < 4.78 is 16.4. The molecule has 2 heterocycles. The fourth-order valence-corrected chi connectivity index (χ4v) is 5.05. The van der Waals surface area contributed by atoms with Gasteiger partial charge in [0.1, 0.15) is 23.0 Å². The molecular formula is C32H29Cl2N3O5.